The standard InChI is InChI=1S/C17H32N2O/c1-14-5-4-6-15(2)17(14)13-19(11-12-20)16-7-9-18(3)10-8-16/h5,15-17,20H,4,6-13H2,1-3H3/t15-,17-/m0/s1. The van der Waals surface area contributed by atoms with Crippen LogP contribution in [0.1, 0.15) is 39.5 Å². The Balaban J connectivity index is 1.97. The second-order valence-corrected chi connectivity index (χ2v) is 6.86. The van der Waals surface area contributed by atoms with Gasteiger partial charge in [-0.05, 0) is 64.6 Å². The number of likely N-dealkylation sites (tertiary alicyclic amines) is 1. The Morgan fingerprint density at radius 1 is 1.30 bits per heavy atom. The summed E-state index contributed by atoms with van der Waals surface area (Å²) in [7, 11) is 2.21. The third-order valence-electron chi connectivity index (χ3n) is 5.38. The fourth-order valence-corrected chi connectivity index (χ4v) is 3.86. The third-order valence-corrected chi connectivity index (χ3v) is 5.38. The SMILES string of the molecule is CC1=CCC[C@H](C)[C@H]1CN(CCO)C1CCN(C)CC1. The molecule has 0 unspecified atom stereocenters. The summed E-state index contributed by atoms with van der Waals surface area (Å²) in [6.07, 6.45) is 7.50. The highest BCUT2D eigenvalue weighted by molar-refractivity contribution is 5.09. The van der Waals surface area contributed by atoms with E-state index in [0.29, 0.717) is 12.0 Å². The molecule has 2 atom stereocenters. The van der Waals surface area contributed by atoms with Gasteiger partial charge in [-0.25, -0.2) is 0 Å². The summed E-state index contributed by atoms with van der Waals surface area (Å²) >= 11 is 0. The van der Waals surface area contributed by atoms with Crippen LogP contribution in [0, 0.1) is 11.8 Å². The molecule has 0 saturated carbocycles. The molecule has 20 heavy (non-hydrogen) atoms. The highest BCUT2D eigenvalue weighted by Crippen LogP contribution is 2.31. The number of aliphatic hydroxyl groups excluding tert-OH is 1. The van der Waals surface area contributed by atoms with E-state index in [9.17, 15) is 5.11 Å². The van der Waals surface area contributed by atoms with Crippen molar-refractivity contribution in [3.8, 4) is 0 Å². The van der Waals surface area contributed by atoms with Gasteiger partial charge in [-0.15, -0.1) is 0 Å². The van der Waals surface area contributed by atoms with Crippen molar-refractivity contribution in [2.24, 2.45) is 11.8 Å². The van der Waals surface area contributed by atoms with Crippen molar-refractivity contribution in [1.82, 2.24) is 9.80 Å². The molecular formula is C17H32N2O. The molecule has 0 aromatic heterocycles. The van der Waals surface area contributed by atoms with E-state index in [2.05, 4.69) is 36.8 Å². The van der Waals surface area contributed by atoms with Crippen molar-refractivity contribution in [2.45, 2.75) is 45.6 Å². The average Bonchev–Trinajstić information content (AvgIpc) is 2.43. The van der Waals surface area contributed by atoms with Crippen LogP contribution >= 0.6 is 0 Å². The number of hydrogen-bond acceptors (Lipinski definition) is 3. The molecule has 0 bridgehead atoms. The summed E-state index contributed by atoms with van der Waals surface area (Å²) in [5.74, 6) is 1.47. The predicted molar refractivity (Wildman–Crippen MR) is 84.8 cm³/mol. The molecule has 1 aliphatic heterocycles. The number of aliphatic hydroxyl groups is 1. The van der Waals surface area contributed by atoms with Gasteiger partial charge in [0.15, 0.2) is 0 Å². The minimum absolute atomic E-state index is 0.288. The molecule has 0 radical (unpaired) electrons. The van der Waals surface area contributed by atoms with Crippen molar-refractivity contribution in [1.29, 1.82) is 0 Å². The van der Waals surface area contributed by atoms with Crippen LogP contribution in [-0.4, -0.2) is 60.8 Å². The summed E-state index contributed by atoms with van der Waals surface area (Å²) in [4.78, 5) is 4.98. The summed E-state index contributed by atoms with van der Waals surface area (Å²) in [6.45, 7) is 9.35. The molecule has 3 heteroatoms. The molecule has 2 rings (SSSR count). The lowest BCUT2D eigenvalue weighted by Gasteiger charge is -2.41. The molecule has 116 valence electrons. The second-order valence-electron chi connectivity index (χ2n) is 6.86. The number of hydrogen-bond donors (Lipinski definition) is 1. The summed E-state index contributed by atoms with van der Waals surface area (Å²) in [6, 6.07) is 0.667. The lowest BCUT2D eigenvalue weighted by molar-refractivity contribution is 0.0809. The highest BCUT2D eigenvalue weighted by atomic mass is 16.3. The van der Waals surface area contributed by atoms with Crippen molar-refractivity contribution in [2.75, 3.05) is 39.8 Å². The van der Waals surface area contributed by atoms with Crippen LogP contribution in [0.25, 0.3) is 0 Å². The van der Waals surface area contributed by atoms with Gasteiger partial charge in [-0.3, -0.25) is 4.90 Å². The van der Waals surface area contributed by atoms with Crippen LogP contribution in [0.4, 0.5) is 0 Å². The molecule has 1 saturated heterocycles. The highest BCUT2D eigenvalue weighted by Gasteiger charge is 2.29. The molecule has 0 aromatic carbocycles. The molecule has 1 heterocycles. The van der Waals surface area contributed by atoms with Crippen molar-refractivity contribution in [3.05, 3.63) is 11.6 Å². The summed E-state index contributed by atoms with van der Waals surface area (Å²) in [5, 5.41) is 9.41. The molecular weight excluding hydrogens is 248 g/mol. The van der Waals surface area contributed by atoms with E-state index in [-0.39, 0.29) is 6.61 Å². The largest absolute Gasteiger partial charge is 0.395 e. The van der Waals surface area contributed by atoms with Gasteiger partial charge in [0.05, 0.1) is 6.61 Å². The zero-order chi connectivity index (χ0) is 14.5. The Bertz CT molecular complexity index is 321. The van der Waals surface area contributed by atoms with Gasteiger partial charge < -0.3 is 10.0 Å². The first-order valence-electron chi connectivity index (χ1n) is 8.32. The minimum atomic E-state index is 0.288. The van der Waals surface area contributed by atoms with E-state index in [1.807, 2.05) is 0 Å². The average molecular weight is 280 g/mol. The van der Waals surface area contributed by atoms with Crippen LogP contribution in [0.5, 0.6) is 0 Å². The van der Waals surface area contributed by atoms with E-state index in [0.717, 1.165) is 19.0 Å². The van der Waals surface area contributed by atoms with Crippen LogP contribution < -0.4 is 0 Å². The lowest BCUT2D eigenvalue weighted by Crippen LogP contribution is -2.47. The maximum Gasteiger partial charge on any atom is 0.0558 e. The minimum Gasteiger partial charge on any atom is -0.395 e. The van der Waals surface area contributed by atoms with Gasteiger partial charge in [0.1, 0.15) is 0 Å². The van der Waals surface area contributed by atoms with E-state index in [1.165, 1.54) is 38.8 Å². The number of rotatable bonds is 5. The predicted octanol–water partition coefficient (Wildman–Crippen LogP) is 2.37. The molecule has 2 aliphatic rings. The van der Waals surface area contributed by atoms with E-state index in [1.54, 1.807) is 5.57 Å². The van der Waals surface area contributed by atoms with E-state index < -0.39 is 0 Å². The molecule has 1 fully saturated rings. The summed E-state index contributed by atoms with van der Waals surface area (Å²) in [5.41, 5.74) is 1.57. The first kappa shape index (κ1) is 16.0. The van der Waals surface area contributed by atoms with E-state index >= 15 is 0 Å². The van der Waals surface area contributed by atoms with Gasteiger partial charge in [0, 0.05) is 19.1 Å². The Kier molecular flexibility index (Phi) is 6.06. The van der Waals surface area contributed by atoms with Gasteiger partial charge in [0.2, 0.25) is 0 Å². The Hall–Kier alpha value is -0.380. The van der Waals surface area contributed by atoms with Crippen molar-refractivity contribution >= 4 is 0 Å². The van der Waals surface area contributed by atoms with Crippen LogP contribution in [0.15, 0.2) is 11.6 Å². The number of piperidine rings is 1. The zero-order valence-corrected chi connectivity index (χ0v) is 13.5. The second kappa shape index (κ2) is 7.58. The first-order chi connectivity index (χ1) is 9.61. The quantitative estimate of drug-likeness (QED) is 0.783. The molecule has 0 spiro atoms. The molecule has 1 N–H and O–H groups in total. The molecule has 0 aromatic rings. The normalized spacial score (nSPS) is 29.8. The van der Waals surface area contributed by atoms with Gasteiger partial charge >= 0.3 is 0 Å². The lowest BCUT2D eigenvalue weighted by atomic mass is 9.79. The number of nitrogens with zero attached hydrogens (tertiary/aromatic N) is 2. The van der Waals surface area contributed by atoms with E-state index in [4.69, 9.17) is 0 Å². The summed E-state index contributed by atoms with van der Waals surface area (Å²) < 4.78 is 0. The monoisotopic (exact) mass is 280 g/mol. The fraction of sp³-hybridized carbons (Fsp3) is 0.882. The maximum atomic E-state index is 9.41. The van der Waals surface area contributed by atoms with Crippen molar-refractivity contribution in [3.63, 3.8) is 0 Å². The maximum absolute atomic E-state index is 9.41. The Morgan fingerprint density at radius 2 is 2.00 bits per heavy atom. The van der Waals surface area contributed by atoms with Crippen LogP contribution in [0.3, 0.4) is 0 Å². The molecule has 3 nitrogen and oxygen atoms in total. The van der Waals surface area contributed by atoms with Gasteiger partial charge in [-0.2, -0.15) is 0 Å². The van der Waals surface area contributed by atoms with Crippen LogP contribution in [-0.2, 0) is 0 Å². The van der Waals surface area contributed by atoms with Gasteiger partial charge in [-0.1, -0.05) is 18.6 Å². The zero-order valence-electron chi connectivity index (χ0n) is 13.5. The Morgan fingerprint density at radius 3 is 2.60 bits per heavy atom. The topological polar surface area (TPSA) is 26.7 Å². The fourth-order valence-electron chi connectivity index (χ4n) is 3.86. The van der Waals surface area contributed by atoms with Gasteiger partial charge in [0.25, 0.3) is 0 Å². The van der Waals surface area contributed by atoms with Crippen molar-refractivity contribution < 1.29 is 5.11 Å². The smallest absolute Gasteiger partial charge is 0.0558 e. The number of allylic oxidation sites excluding steroid dienone is 1. The van der Waals surface area contributed by atoms with Crippen LogP contribution in [0.2, 0.25) is 0 Å². The third kappa shape index (κ3) is 4.06. The molecule has 1 aliphatic carbocycles. The Labute approximate surface area is 124 Å². The first-order valence-corrected chi connectivity index (χ1v) is 8.32. The molecule has 0 amide bonds.